The van der Waals surface area contributed by atoms with Gasteiger partial charge in [0.25, 0.3) is 11.8 Å². The number of amides is 2. The highest BCUT2D eigenvalue weighted by atomic mass is 16.2. The first-order chi connectivity index (χ1) is 13.9. The maximum absolute atomic E-state index is 12.9. The van der Waals surface area contributed by atoms with Crippen molar-refractivity contribution >= 4 is 23.0 Å². The van der Waals surface area contributed by atoms with Gasteiger partial charge in [-0.3, -0.25) is 14.0 Å². The molecule has 2 amide bonds. The van der Waals surface area contributed by atoms with Crippen LogP contribution in [0, 0.1) is 13.8 Å². The second-order valence-electron chi connectivity index (χ2n) is 7.41. The summed E-state index contributed by atoms with van der Waals surface area (Å²) in [6, 6.07) is 11.1. The second kappa shape index (κ2) is 8.87. The van der Waals surface area contributed by atoms with Gasteiger partial charge in [-0.25, -0.2) is 4.98 Å². The lowest BCUT2D eigenvalue weighted by atomic mass is 10.1. The van der Waals surface area contributed by atoms with Crippen molar-refractivity contribution in [3.05, 3.63) is 65.2 Å². The predicted molar refractivity (Wildman–Crippen MR) is 115 cm³/mol. The lowest BCUT2D eigenvalue weighted by molar-refractivity contribution is 0.0949. The number of imidazole rings is 1. The van der Waals surface area contributed by atoms with Crippen LogP contribution in [-0.4, -0.2) is 53.3 Å². The van der Waals surface area contributed by atoms with E-state index in [4.69, 9.17) is 0 Å². The number of rotatable bonds is 7. The molecule has 0 unspecified atom stereocenters. The van der Waals surface area contributed by atoms with Crippen molar-refractivity contribution in [1.82, 2.24) is 19.6 Å². The van der Waals surface area contributed by atoms with E-state index in [2.05, 4.69) is 20.5 Å². The van der Waals surface area contributed by atoms with Gasteiger partial charge in [0, 0.05) is 18.4 Å². The highest BCUT2D eigenvalue weighted by Gasteiger charge is 2.21. The summed E-state index contributed by atoms with van der Waals surface area (Å²) in [4.78, 5) is 31.9. The molecule has 0 saturated carbocycles. The molecule has 2 heterocycles. The van der Waals surface area contributed by atoms with Crippen LogP contribution >= 0.6 is 0 Å². The summed E-state index contributed by atoms with van der Waals surface area (Å²) >= 11 is 0. The summed E-state index contributed by atoms with van der Waals surface area (Å²) in [6.45, 7) is 5.45. The fraction of sp³-hybridized carbons (Fsp3) is 0.318. The molecule has 0 spiro atoms. The van der Waals surface area contributed by atoms with Crippen molar-refractivity contribution in [2.45, 2.75) is 20.3 Å². The average molecular weight is 393 g/mol. The Hall–Kier alpha value is -3.19. The van der Waals surface area contributed by atoms with Gasteiger partial charge in [0.05, 0.1) is 5.52 Å². The van der Waals surface area contributed by atoms with Gasteiger partial charge in [-0.15, -0.1) is 0 Å². The molecule has 0 aliphatic carbocycles. The van der Waals surface area contributed by atoms with Crippen LogP contribution in [0.25, 0.3) is 5.52 Å². The molecular formula is C22H27N5O2. The molecule has 1 aromatic carbocycles. The Labute approximate surface area is 170 Å². The number of hydrogen-bond acceptors (Lipinski definition) is 4. The lowest BCUT2D eigenvalue weighted by Gasteiger charge is -2.09. The number of aromatic nitrogens is 2. The Bertz CT molecular complexity index is 1040. The van der Waals surface area contributed by atoms with Crippen molar-refractivity contribution in [3.63, 3.8) is 0 Å². The van der Waals surface area contributed by atoms with E-state index >= 15 is 0 Å². The van der Waals surface area contributed by atoms with Crippen molar-refractivity contribution in [1.29, 1.82) is 0 Å². The van der Waals surface area contributed by atoms with Crippen LogP contribution in [-0.2, 0) is 0 Å². The minimum atomic E-state index is -0.360. The molecule has 2 N–H and O–H groups in total. The lowest BCUT2D eigenvalue weighted by Crippen LogP contribution is -2.27. The first-order valence-electron chi connectivity index (χ1n) is 9.65. The highest BCUT2D eigenvalue weighted by Crippen LogP contribution is 2.17. The number of carbonyl (C=O) groups excluding carboxylic acids is 2. The number of anilines is 1. The minimum Gasteiger partial charge on any atom is -0.351 e. The Balaban J connectivity index is 1.82. The first kappa shape index (κ1) is 20.5. The number of benzene rings is 1. The molecule has 7 nitrogen and oxygen atoms in total. The van der Waals surface area contributed by atoms with Gasteiger partial charge < -0.3 is 15.5 Å². The minimum absolute atomic E-state index is 0.178. The van der Waals surface area contributed by atoms with E-state index in [0.29, 0.717) is 17.7 Å². The van der Waals surface area contributed by atoms with E-state index in [0.717, 1.165) is 24.1 Å². The summed E-state index contributed by atoms with van der Waals surface area (Å²) in [5.74, 6) is -0.462. The number of nitrogens with zero attached hydrogens (tertiary/aromatic N) is 3. The standard InChI is InChI=1S/C22H27N5O2/c1-15-9-10-17(14-16(15)2)24-22(29)20-25-19(18-8-5-6-13-27(18)20)21(28)23-11-7-12-26(3)4/h5-6,8-10,13-14H,7,11-12H2,1-4H3,(H,23,28)(H,24,29). The molecule has 3 rings (SSSR count). The van der Waals surface area contributed by atoms with Crippen LogP contribution in [0.2, 0.25) is 0 Å². The van der Waals surface area contributed by atoms with E-state index in [1.807, 2.05) is 52.2 Å². The molecule has 0 aliphatic heterocycles. The van der Waals surface area contributed by atoms with E-state index in [1.165, 1.54) is 0 Å². The van der Waals surface area contributed by atoms with Gasteiger partial charge in [0.1, 0.15) is 0 Å². The van der Waals surface area contributed by atoms with Crippen LogP contribution in [0.4, 0.5) is 5.69 Å². The fourth-order valence-electron chi connectivity index (χ4n) is 3.05. The number of fused-ring (bicyclic) bond motifs is 1. The van der Waals surface area contributed by atoms with E-state index in [1.54, 1.807) is 22.7 Å². The van der Waals surface area contributed by atoms with Gasteiger partial charge in [-0.2, -0.15) is 0 Å². The SMILES string of the molecule is Cc1ccc(NC(=O)c2nc(C(=O)NCCCN(C)C)c3ccccn23)cc1C. The molecule has 0 saturated heterocycles. The van der Waals surface area contributed by atoms with Crippen molar-refractivity contribution in [2.75, 3.05) is 32.5 Å². The molecule has 0 atom stereocenters. The van der Waals surface area contributed by atoms with Crippen molar-refractivity contribution < 1.29 is 9.59 Å². The summed E-state index contributed by atoms with van der Waals surface area (Å²) < 4.78 is 1.64. The predicted octanol–water partition coefficient (Wildman–Crippen LogP) is 2.88. The third-order valence-corrected chi connectivity index (χ3v) is 4.80. The van der Waals surface area contributed by atoms with Crippen LogP contribution in [0.3, 0.4) is 0 Å². The number of aryl methyl sites for hydroxylation is 2. The summed E-state index contributed by atoms with van der Waals surface area (Å²) in [5, 5.41) is 5.76. The monoisotopic (exact) mass is 393 g/mol. The summed E-state index contributed by atoms with van der Waals surface area (Å²) in [6.07, 6.45) is 2.57. The molecular weight excluding hydrogens is 366 g/mol. The van der Waals surface area contributed by atoms with Crippen molar-refractivity contribution in [3.8, 4) is 0 Å². The molecule has 29 heavy (non-hydrogen) atoms. The maximum Gasteiger partial charge on any atom is 0.292 e. The van der Waals surface area contributed by atoms with E-state index < -0.39 is 0 Å². The van der Waals surface area contributed by atoms with E-state index in [9.17, 15) is 9.59 Å². The van der Waals surface area contributed by atoms with Gasteiger partial charge >= 0.3 is 0 Å². The zero-order valence-corrected chi connectivity index (χ0v) is 17.3. The van der Waals surface area contributed by atoms with E-state index in [-0.39, 0.29) is 23.3 Å². The zero-order chi connectivity index (χ0) is 21.0. The third-order valence-electron chi connectivity index (χ3n) is 4.80. The quantitative estimate of drug-likeness (QED) is 0.605. The zero-order valence-electron chi connectivity index (χ0n) is 17.3. The molecule has 0 radical (unpaired) electrons. The molecule has 2 aromatic heterocycles. The Kier molecular flexibility index (Phi) is 6.29. The number of nitrogens with one attached hydrogen (secondary N) is 2. The third kappa shape index (κ3) is 4.81. The Morgan fingerprint density at radius 1 is 1.07 bits per heavy atom. The van der Waals surface area contributed by atoms with Crippen LogP contribution in [0.1, 0.15) is 38.7 Å². The van der Waals surface area contributed by atoms with Gasteiger partial charge in [0.2, 0.25) is 5.82 Å². The second-order valence-corrected chi connectivity index (χ2v) is 7.41. The molecule has 0 aliphatic rings. The number of carbonyl (C=O) groups is 2. The topological polar surface area (TPSA) is 78.7 Å². The molecule has 0 bridgehead atoms. The van der Waals surface area contributed by atoms with Gasteiger partial charge in [0.15, 0.2) is 5.69 Å². The average Bonchev–Trinajstić information content (AvgIpc) is 3.08. The molecule has 7 heteroatoms. The summed E-state index contributed by atoms with van der Waals surface area (Å²) in [5.41, 5.74) is 3.79. The van der Waals surface area contributed by atoms with Gasteiger partial charge in [-0.05, 0) is 76.3 Å². The molecule has 3 aromatic rings. The number of hydrogen-bond donors (Lipinski definition) is 2. The number of pyridine rings is 1. The van der Waals surface area contributed by atoms with Crippen LogP contribution in [0.15, 0.2) is 42.6 Å². The largest absolute Gasteiger partial charge is 0.351 e. The smallest absolute Gasteiger partial charge is 0.292 e. The van der Waals surface area contributed by atoms with Crippen LogP contribution in [0.5, 0.6) is 0 Å². The highest BCUT2D eigenvalue weighted by molar-refractivity contribution is 6.06. The normalized spacial score (nSPS) is 11.1. The summed E-state index contributed by atoms with van der Waals surface area (Å²) in [7, 11) is 3.98. The van der Waals surface area contributed by atoms with Crippen LogP contribution < -0.4 is 10.6 Å². The molecule has 0 fully saturated rings. The fourth-order valence-corrected chi connectivity index (χ4v) is 3.05. The van der Waals surface area contributed by atoms with Crippen molar-refractivity contribution in [2.24, 2.45) is 0 Å². The Morgan fingerprint density at radius 2 is 1.86 bits per heavy atom. The Morgan fingerprint density at radius 3 is 2.59 bits per heavy atom. The maximum atomic E-state index is 12.9. The first-order valence-corrected chi connectivity index (χ1v) is 9.65. The van der Waals surface area contributed by atoms with Gasteiger partial charge in [-0.1, -0.05) is 12.1 Å². The molecule has 152 valence electrons.